The Balaban J connectivity index is 2.91. The highest BCUT2D eigenvalue weighted by atomic mass is 79.9. The minimum atomic E-state index is 0.0963. The van der Waals surface area contributed by atoms with Gasteiger partial charge in [-0.2, -0.15) is 0 Å². The average molecular weight is 260 g/mol. The van der Waals surface area contributed by atoms with Gasteiger partial charge in [0.1, 0.15) is 0 Å². The van der Waals surface area contributed by atoms with Crippen molar-refractivity contribution in [2.45, 2.75) is 19.2 Å². The van der Waals surface area contributed by atoms with Gasteiger partial charge in [0.2, 0.25) is 0 Å². The van der Waals surface area contributed by atoms with Crippen molar-refractivity contribution in [2.24, 2.45) is 0 Å². The zero-order chi connectivity index (χ0) is 9.84. The van der Waals surface area contributed by atoms with Crippen molar-refractivity contribution < 1.29 is 0 Å². The van der Waals surface area contributed by atoms with Crippen LogP contribution in [-0.2, 0) is 0 Å². The van der Waals surface area contributed by atoms with E-state index in [0.29, 0.717) is 0 Å². The molecule has 0 saturated carbocycles. The maximum Gasteiger partial charge on any atom is 0.0517 e. The van der Waals surface area contributed by atoms with Gasteiger partial charge >= 0.3 is 0 Å². The van der Waals surface area contributed by atoms with Crippen LogP contribution in [0.1, 0.15) is 19.4 Å². The lowest BCUT2D eigenvalue weighted by molar-refractivity contribution is 1.12. The summed E-state index contributed by atoms with van der Waals surface area (Å²) in [5.74, 6) is 0. The third-order valence-corrected chi connectivity index (χ3v) is 2.71. The van der Waals surface area contributed by atoms with Crippen LogP contribution in [0, 0.1) is 0 Å². The van der Waals surface area contributed by atoms with Crippen molar-refractivity contribution in [2.75, 3.05) is 0 Å². The van der Waals surface area contributed by atoms with Gasteiger partial charge in [-0.3, -0.25) is 0 Å². The second-order valence-corrected chi connectivity index (χ2v) is 4.63. The number of hydrogen-bond donors (Lipinski definition) is 0. The van der Waals surface area contributed by atoms with Gasteiger partial charge in [0.25, 0.3) is 0 Å². The maximum atomic E-state index is 5.94. The Morgan fingerprint density at radius 2 is 2.23 bits per heavy atom. The number of benzene rings is 1. The lowest BCUT2D eigenvalue weighted by Crippen LogP contribution is -1.91. The zero-order valence-corrected chi connectivity index (χ0v) is 10.1. The lowest BCUT2D eigenvalue weighted by atomic mass is 10.1. The average Bonchev–Trinajstić information content (AvgIpc) is 2.04. The Bertz CT molecular complexity index is 316. The predicted octanol–water partition coefficient (Wildman–Crippen LogP) is 4.48. The molecule has 0 radical (unpaired) electrons. The van der Waals surface area contributed by atoms with E-state index in [0.717, 1.165) is 4.47 Å². The number of hydrogen-bond acceptors (Lipinski definition) is 0. The first-order valence-electron chi connectivity index (χ1n) is 4.17. The van der Waals surface area contributed by atoms with Gasteiger partial charge in [0.05, 0.1) is 5.38 Å². The van der Waals surface area contributed by atoms with Crippen LogP contribution in [0.5, 0.6) is 0 Å². The van der Waals surface area contributed by atoms with Gasteiger partial charge < -0.3 is 0 Å². The third kappa shape index (κ3) is 3.53. The van der Waals surface area contributed by atoms with Gasteiger partial charge in [-0.1, -0.05) is 39.7 Å². The Morgan fingerprint density at radius 3 is 2.77 bits per heavy atom. The Hall–Kier alpha value is -0.270. The van der Waals surface area contributed by atoms with Gasteiger partial charge in [0.15, 0.2) is 0 Å². The van der Waals surface area contributed by atoms with E-state index in [9.17, 15) is 0 Å². The molecule has 0 saturated heterocycles. The van der Waals surface area contributed by atoms with Crippen LogP contribution >= 0.6 is 27.5 Å². The second kappa shape index (κ2) is 4.83. The molecule has 0 aliphatic heterocycles. The van der Waals surface area contributed by atoms with Crippen LogP contribution in [0.2, 0.25) is 0 Å². The first-order chi connectivity index (χ1) is 6.09. The van der Waals surface area contributed by atoms with Crippen molar-refractivity contribution in [1.29, 1.82) is 0 Å². The Labute approximate surface area is 92.7 Å². The van der Waals surface area contributed by atoms with Gasteiger partial charge in [-0.05, 0) is 31.5 Å². The largest absolute Gasteiger partial charge is 0.118 e. The van der Waals surface area contributed by atoms with Crippen LogP contribution in [0.25, 0.3) is 6.08 Å². The number of alkyl halides is 1. The standard InChI is InChI=1S/C11H12BrCl/c1-8(9(2)13)6-10-4-3-5-11(12)7-10/h3-7,9H,1-2H3/b8-6+. The molecule has 0 aliphatic rings. The fourth-order valence-electron chi connectivity index (χ4n) is 0.974. The quantitative estimate of drug-likeness (QED) is 0.687. The van der Waals surface area contributed by atoms with E-state index >= 15 is 0 Å². The Kier molecular flexibility index (Phi) is 4.01. The van der Waals surface area contributed by atoms with Crippen molar-refractivity contribution >= 4 is 33.6 Å². The van der Waals surface area contributed by atoms with Crippen molar-refractivity contribution in [1.82, 2.24) is 0 Å². The second-order valence-electron chi connectivity index (χ2n) is 3.06. The molecule has 1 rings (SSSR count). The fraction of sp³-hybridized carbons (Fsp3) is 0.273. The molecule has 0 bridgehead atoms. The highest BCUT2D eigenvalue weighted by molar-refractivity contribution is 9.10. The molecule has 0 nitrogen and oxygen atoms in total. The molecule has 0 spiro atoms. The summed E-state index contributed by atoms with van der Waals surface area (Å²) in [4.78, 5) is 0. The van der Waals surface area contributed by atoms with E-state index in [4.69, 9.17) is 11.6 Å². The summed E-state index contributed by atoms with van der Waals surface area (Å²) in [5, 5.41) is 0.0963. The van der Waals surface area contributed by atoms with Crippen LogP contribution in [0.3, 0.4) is 0 Å². The number of rotatable bonds is 2. The normalized spacial score (nSPS) is 14.3. The van der Waals surface area contributed by atoms with Crippen molar-refractivity contribution in [3.8, 4) is 0 Å². The predicted molar refractivity (Wildman–Crippen MR) is 63.1 cm³/mol. The molecule has 1 atom stereocenters. The van der Waals surface area contributed by atoms with E-state index in [1.165, 1.54) is 11.1 Å². The summed E-state index contributed by atoms with van der Waals surface area (Å²) in [5.41, 5.74) is 2.36. The topological polar surface area (TPSA) is 0 Å². The van der Waals surface area contributed by atoms with Gasteiger partial charge in [-0.15, -0.1) is 11.6 Å². The molecule has 13 heavy (non-hydrogen) atoms. The van der Waals surface area contributed by atoms with Crippen LogP contribution < -0.4 is 0 Å². The number of allylic oxidation sites excluding steroid dienone is 1. The molecule has 0 fully saturated rings. The lowest BCUT2D eigenvalue weighted by Gasteiger charge is -2.02. The molecule has 0 amide bonds. The van der Waals surface area contributed by atoms with Crippen LogP contribution in [0.4, 0.5) is 0 Å². The monoisotopic (exact) mass is 258 g/mol. The van der Waals surface area contributed by atoms with Crippen molar-refractivity contribution in [3.05, 3.63) is 39.9 Å². The molecule has 2 heteroatoms. The molecule has 1 aromatic rings. The highest BCUT2D eigenvalue weighted by Gasteiger charge is 1.98. The molecule has 0 heterocycles. The summed E-state index contributed by atoms with van der Waals surface area (Å²) in [6.07, 6.45) is 2.10. The fourth-order valence-corrected chi connectivity index (χ4v) is 1.45. The summed E-state index contributed by atoms with van der Waals surface area (Å²) in [6.45, 7) is 4.02. The van der Waals surface area contributed by atoms with Crippen LogP contribution in [0.15, 0.2) is 34.3 Å². The van der Waals surface area contributed by atoms with E-state index in [1.807, 2.05) is 26.0 Å². The van der Waals surface area contributed by atoms with E-state index in [1.54, 1.807) is 0 Å². The van der Waals surface area contributed by atoms with Crippen molar-refractivity contribution in [3.63, 3.8) is 0 Å². The maximum absolute atomic E-state index is 5.94. The molecule has 0 aliphatic carbocycles. The van der Waals surface area contributed by atoms with Crippen LogP contribution in [-0.4, -0.2) is 5.38 Å². The first-order valence-corrected chi connectivity index (χ1v) is 5.40. The highest BCUT2D eigenvalue weighted by Crippen LogP contribution is 2.17. The first kappa shape index (κ1) is 10.8. The Morgan fingerprint density at radius 1 is 1.54 bits per heavy atom. The van der Waals surface area contributed by atoms with E-state index < -0.39 is 0 Å². The zero-order valence-electron chi connectivity index (χ0n) is 7.72. The molecule has 1 unspecified atom stereocenters. The summed E-state index contributed by atoms with van der Waals surface area (Å²) >= 11 is 9.36. The minimum Gasteiger partial charge on any atom is -0.118 e. The molecular formula is C11H12BrCl. The summed E-state index contributed by atoms with van der Waals surface area (Å²) < 4.78 is 1.09. The van der Waals surface area contributed by atoms with E-state index in [2.05, 4.69) is 34.1 Å². The molecule has 0 N–H and O–H groups in total. The summed E-state index contributed by atoms with van der Waals surface area (Å²) in [6, 6.07) is 8.16. The minimum absolute atomic E-state index is 0.0963. The number of halogens is 2. The molecule has 1 aromatic carbocycles. The summed E-state index contributed by atoms with van der Waals surface area (Å²) in [7, 11) is 0. The third-order valence-electron chi connectivity index (χ3n) is 1.87. The van der Waals surface area contributed by atoms with E-state index in [-0.39, 0.29) is 5.38 Å². The SMILES string of the molecule is C/C(=C\c1cccc(Br)c1)C(C)Cl. The smallest absolute Gasteiger partial charge is 0.0517 e. The molecular weight excluding hydrogens is 247 g/mol. The molecule has 70 valence electrons. The van der Waals surface area contributed by atoms with Gasteiger partial charge in [0, 0.05) is 4.47 Å². The molecule has 0 aromatic heterocycles. The van der Waals surface area contributed by atoms with Gasteiger partial charge in [-0.25, -0.2) is 0 Å².